The number of carbonyl (C=O) groups excluding carboxylic acids is 2. The Kier molecular flexibility index (Phi) is 8.36. The molecule has 0 saturated carbocycles. The number of hydrogen-bond donors (Lipinski definition) is 1. The van der Waals surface area contributed by atoms with Crippen LogP contribution < -0.4 is 5.01 Å². The minimum Gasteiger partial charge on any atom is -0.432 e. The number of halogens is 1. The van der Waals surface area contributed by atoms with Gasteiger partial charge in [-0.2, -0.15) is 5.10 Å². The van der Waals surface area contributed by atoms with E-state index < -0.39 is 24.0 Å². The quantitative estimate of drug-likeness (QED) is 0.198. The molecular formula is C25H30FN3O5. The van der Waals surface area contributed by atoms with E-state index >= 15 is 4.39 Å². The average molecular weight is 472 g/mol. The molecule has 8 nitrogen and oxygen atoms in total. The summed E-state index contributed by atoms with van der Waals surface area (Å²) in [6.07, 6.45) is -0.678. The van der Waals surface area contributed by atoms with E-state index in [0.29, 0.717) is 31.0 Å². The van der Waals surface area contributed by atoms with Crippen molar-refractivity contribution in [2.24, 2.45) is 11.0 Å². The lowest BCUT2D eigenvalue weighted by atomic mass is 9.83. The zero-order chi connectivity index (χ0) is 24.8. The summed E-state index contributed by atoms with van der Waals surface area (Å²) in [5.74, 6) is -1.74. The number of amidine groups is 1. The highest BCUT2D eigenvalue weighted by molar-refractivity contribution is 5.94. The van der Waals surface area contributed by atoms with Gasteiger partial charge >= 0.3 is 5.97 Å². The molecule has 34 heavy (non-hydrogen) atoms. The Morgan fingerprint density at radius 1 is 1.29 bits per heavy atom. The number of cyclic esters (lactones) is 1. The lowest BCUT2D eigenvalue weighted by Crippen LogP contribution is -2.36. The topological polar surface area (TPSA) is 91.7 Å². The summed E-state index contributed by atoms with van der Waals surface area (Å²) in [5.41, 5.74) is 1.63. The summed E-state index contributed by atoms with van der Waals surface area (Å²) in [4.78, 5) is 25.2. The van der Waals surface area contributed by atoms with Crippen LogP contribution >= 0.6 is 0 Å². The molecule has 2 aromatic rings. The molecule has 1 aliphatic rings. The summed E-state index contributed by atoms with van der Waals surface area (Å²) in [5, 5.41) is 16.0. The summed E-state index contributed by atoms with van der Waals surface area (Å²) in [7, 11) is 1.54. The Morgan fingerprint density at radius 2 is 2.00 bits per heavy atom. The molecule has 1 N–H and O–H groups in total. The number of benzene rings is 2. The van der Waals surface area contributed by atoms with Crippen molar-refractivity contribution in [3.63, 3.8) is 0 Å². The van der Waals surface area contributed by atoms with Gasteiger partial charge in [-0.3, -0.25) is 14.7 Å². The number of hydrazone groups is 1. The van der Waals surface area contributed by atoms with Crippen molar-refractivity contribution in [1.29, 1.82) is 0 Å². The van der Waals surface area contributed by atoms with Crippen LogP contribution in [0.5, 0.6) is 0 Å². The van der Waals surface area contributed by atoms with Crippen molar-refractivity contribution in [2.75, 3.05) is 25.2 Å². The van der Waals surface area contributed by atoms with Crippen LogP contribution in [0.4, 0.5) is 10.1 Å². The predicted octanol–water partition coefficient (Wildman–Crippen LogP) is 3.50. The molecule has 2 unspecified atom stereocenters. The molecule has 1 heterocycles. The fourth-order valence-electron chi connectivity index (χ4n) is 3.92. The van der Waals surface area contributed by atoms with E-state index in [9.17, 15) is 14.7 Å². The van der Waals surface area contributed by atoms with Gasteiger partial charge in [0.2, 0.25) is 12.7 Å². The minimum atomic E-state index is -1.32. The van der Waals surface area contributed by atoms with Gasteiger partial charge in [0.05, 0.1) is 17.9 Å². The molecule has 0 aliphatic carbocycles. The molecule has 2 aromatic carbocycles. The van der Waals surface area contributed by atoms with Gasteiger partial charge in [0.25, 0.3) is 0 Å². The van der Waals surface area contributed by atoms with E-state index in [1.807, 2.05) is 44.2 Å². The summed E-state index contributed by atoms with van der Waals surface area (Å²) < 4.78 is 25.8. The van der Waals surface area contributed by atoms with Gasteiger partial charge in [0.15, 0.2) is 5.84 Å². The average Bonchev–Trinajstić information content (AvgIpc) is 2.80. The van der Waals surface area contributed by atoms with Gasteiger partial charge in [-0.25, -0.2) is 9.18 Å². The maximum absolute atomic E-state index is 15.0. The van der Waals surface area contributed by atoms with Crippen molar-refractivity contribution in [2.45, 2.75) is 39.6 Å². The fourth-order valence-corrected chi connectivity index (χ4v) is 3.92. The predicted molar refractivity (Wildman–Crippen MR) is 126 cm³/mol. The Balaban J connectivity index is 1.91. The molecule has 9 heteroatoms. The number of hydrogen-bond acceptors (Lipinski definition) is 7. The second kappa shape index (κ2) is 11.2. The number of aliphatic hydroxyl groups is 1. The smallest absolute Gasteiger partial charge is 0.340 e. The van der Waals surface area contributed by atoms with Crippen LogP contribution in [0.15, 0.2) is 47.6 Å². The van der Waals surface area contributed by atoms with Gasteiger partial charge < -0.3 is 14.6 Å². The van der Waals surface area contributed by atoms with Crippen molar-refractivity contribution < 1.29 is 28.6 Å². The second-order valence-electron chi connectivity index (χ2n) is 8.37. The van der Waals surface area contributed by atoms with Crippen LogP contribution in [-0.2, 0) is 20.9 Å². The minimum absolute atomic E-state index is 0.0258. The fraction of sp³-hybridized carbons (Fsp3) is 0.400. The maximum Gasteiger partial charge on any atom is 0.340 e. The first-order valence-corrected chi connectivity index (χ1v) is 11.1. The maximum atomic E-state index is 15.0. The number of aliphatic hydroxyl groups excluding tert-OH is 1. The Labute approximate surface area is 198 Å². The van der Waals surface area contributed by atoms with E-state index in [0.717, 1.165) is 11.6 Å². The molecule has 1 amide bonds. The first-order chi connectivity index (χ1) is 16.3. The van der Waals surface area contributed by atoms with E-state index in [-0.39, 0.29) is 23.8 Å². The van der Waals surface area contributed by atoms with Crippen LogP contribution in [0.25, 0.3) is 0 Å². The number of nitrogens with zero attached hydrogens (tertiary/aromatic N) is 3. The van der Waals surface area contributed by atoms with Crippen molar-refractivity contribution in [3.8, 4) is 0 Å². The van der Waals surface area contributed by atoms with Gasteiger partial charge in [-0.1, -0.05) is 44.2 Å². The Morgan fingerprint density at radius 3 is 2.62 bits per heavy atom. The van der Waals surface area contributed by atoms with Crippen molar-refractivity contribution in [3.05, 3.63) is 65.0 Å². The highest BCUT2D eigenvalue weighted by Crippen LogP contribution is 2.38. The zero-order valence-electron chi connectivity index (χ0n) is 19.8. The van der Waals surface area contributed by atoms with E-state index in [1.54, 1.807) is 14.0 Å². The molecule has 0 saturated heterocycles. The van der Waals surface area contributed by atoms with E-state index in [1.165, 1.54) is 16.0 Å². The van der Waals surface area contributed by atoms with Crippen LogP contribution in [0.2, 0.25) is 0 Å². The Bertz CT molecular complexity index is 1040. The molecule has 1 aliphatic heterocycles. The molecule has 3 rings (SSSR count). The van der Waals surface area contributed by atoms with E-state index in [2.05, 4.69) is 5.10 Å². The highest BCUT2D eigenvalue weighted by Gasteiger charge is 2.37. The number of ether oxygens (including phenoxy) is 2. The molecule has 0 spiro atoms. The third kappa shape index (κ3) is 5.60. The monoisotopic (exact) mass is 471 g/mol. The first kappa shape index (κ1) is 25.3. The normalized spacial score (nSPS) is 17.9. The number of esters is 1. The number of carbonyl (C=O) groups is 2. The molecule has 0 bridgehead atoms. The largest absolute Gasteiger partial charge is 0.432 e. The summed E-state index contributed by atoms with van der Waals surface area (Å²) in [6, 6.07) is 12.2. The zero-order valence-corrected chi connectivity index (χ0v) is 19.8. The molecule has 182 valence electrons. The Hall–Kier alpha value is -3.30. The molecule has 2 atom stereocenters. The second-order valence-corrected chi connectivity index (χ2v) is 8.37. The lowest BCUT2D eigenvalue weighted by Gasteiger charge is -2.33. The molecular weight excluding hydrogens is 441 g/mol. The third-order valence-corrected chi connectivity index (χ3v) is 5.71. The number of rotatable bonds is 9. The molecule has 0 aromatic heterocycles. The van der Waals surface area contributed by atoms with Crippen LogP contribution in [0.3, 0.4) is 0 Å². The SMILES string of the molecule is CCN(C=O)/C(COCc1ccccc1)=N\N(C)c1cc2c(cc1F)C(=O)OC(O)C2C(C)C. The third-order valence-electron chi connectivity index (χ3n) is 5.71. The van der Waals surface area contributed by atoms with Gasteiger partial charge in [-0.05, 0) is 36.1 Å². The molecule has 0 fully saturated rings. The number of amides is 1. The van der Waals surface area contributed by atoms with Crippen LogP contribution in [0.1, 0.15) is 48.2 Å². The number of likely N-dealkylation sites (N-methyl/N-ethyl adjacent to an activating group) is 1. The highest BCUT2D eigenvalue weighted by atomic mass is 19.1. The van der Waals surface area contributed by atoms with Gasteiger partial charge in [0, 0.05) is 19.5 Å². The van der Waals surface area contributed by atoms with Gasteiger partial charge in [0.1, 0.15) is 12.4 Å². The van der Waals surface area contributed by atoms with Crippen molar-refractivity contribution in [1.82, 2.24) is 4.90 Å². The lowest BCUT2D eigenvalue weighted by molar-refractivity contribution is -0.115. The number of anilines is 1. The van der Waals surface area contributed by atoms with Crippen LogP contribution in [-0.4, -0.2) is 54.7 Å². The van der Waals surface area contributed by atoms with E-state index in [4.69, 9.17) is 9.47 Å². The summed E-state index contributed by atoms with van der Waals surface area (Å²) >= 11 is 0. The summed E-state index contributed by atoms with van der Waals surface area (Å²) in [6.45, 7) is 6.26. The number of fused-ring (bicyclic) bond motifs is 1. The van der Waals surface area contributed by atoms with Crippen molar-refractivity contribution >= 4 is 23.9 Å². The molecule has 0 radical (unpaired) electrons. The van der Waals surface area contributed by atoms with Gasteiger partial charge in [-0.15, -0.1) is 0 Å². The standard InChI is InChI=1S/C25H30FN3O5/c1-5-29(15-30)22(14-33-13-17-9-7-6-8-10-17)27-28(4)21-12-18-19(11-20(21)26)24(31)34-25(32)23(18)16(2)3/h6-12,15-16,23,25,32H,5,13-14H2,1-4H3/b27-22-. The first-order valence-electron chi connectivity index (χ1n) is 11.1. The van der Waals surface area contributed by atoms with Crippen LogP contribution in [0, 0.1) is 11.7 Å².